The third-order valence-electron chi connectivity index (χ3n) is 2.30. The Bertz CT molecular complexity index is 191. The van der Waals surface area contributed by atoms with Gasteiger partial charge in [-0.15, -0.1) is 6.42 Å². The summed E-state index contributed by atoms with van der Waals surface area (Å²) in [7, 11) is 0. The van der Waals surface area contributed by atoms with Crippen molar-refractivity contribution < 1.29 is 9.53 Å². The molecular weight excluding hydrogens is 188 g/mol. The van der Waals surface area contributed by atoms with Crippen molar-refractivity contribution in [3.63, 3.8) is 0 Å². The van der Waals surface area contributed by atoms with Gasteiger partial charge >= 0.3 is 5.97 Å². The lowest BCUT2D eigenvalue weighted by atomic mass is 10.1. The molecule has 0 aliphatic rings. The van der Waals surface area contributed by atoms with Crippen LogP contribution in [0, 0.1) is 12.3 Å². The number of rotatable bonds is 9. The molecule has 15 heavy (non-hydrogen) atoms. The average molecular weight is 210 g/mol. The van der Waals surface area contributed by atoms with E-state index in [2.05, 4.69) is 12.8 Å². The van der Waals surface area contributed by atoms with Crippen LogP contribution in [0.2, 0.25) is 0 Å². The first kappa shape index (κ1) is 14.0. The van der Waals surface area contributed by atoms with Crippen molar-refractivity contribution >= 4 is 5.97 Å². The van der Waals surface area contributed by atoms with Crippen LogP contribution in [0.25, 0.3) is 0 Å². The van der Waals surface area contributed by atoms with Crippen LogP contribution >= 0.6 is 0 Å². The van der Waals surface area contributed by atoms with Gasteiger partial charge in [0.25, 0.3) is 0 Å². The smallest absolute Gasteiger partial charge is 0.306 e. The zero-order chi connectivity index (χ0) is 11.4. The van der Waals surface area contributed by atoms with Crippen molar-refractivity contribution in [1.82, 2.24) is 0 Å². The van der Waals surface area contributed by atoms with Gasteiger partial charge < -0.3 is 4.74 Å². The highest BCUT2D eigenvalue weighted by Gasteiger charge is 2.00. The topological polar surface area (TPSA) is 26.3 Å². The molecule has 0 N–H and O–H groups in total. The number of unbranched alkanes of at least 4 members (excludes halogenated alkanes) is 6. The summed E-state index contributed by atoms with van der Waals surface area (Å²) in [6.45, 7) is 2.32. The van der Waals surface area contributed by atoms with Crippen LogP contribution in [0.5, 0.6) is 0 Å². The quantitative estimate of drug-likeness (QED) is 0.331. The molecule has 0 bridgehead atoms. The Labute approximate surface area is 93.4 Å². The number of carbonyl (C=O) groups is 1. The predicted molar refractivity (Wildman–Crippen MR) is 62.4 cm³/mol. The van der Waals surface area contributed by atoms with Crippen LogP contribution in [-0.2, 0) is 9.53 Å². The second-order valence-electron chi connectivity index (χ2n) is 3.74. The number of hydrogen-bond acceptors (Lipinski definition) is 2. The average Bonchev–Trinajstić information content (AvgIpc) is 2.25. The van der Waals surface area contributed by atoms with Crippen LogP contribution in [0.3, 0.4) is 0 Å². The standard InChI is InChI=1S/C13H22O2/c1-3-5-6-7-8-9-10-11-13(14)15-12-4-2/h2H,3,5-12H2,1H3. The van der Waals surface area contributed by atoms with Crippen molar-refractivity contribution in [2.75, 3.05) is 6.61 Å². The van der Waals surface area contributed by atoms with Crippen LogP contribution in [-0.4, -0.2) is 12.6 Å². The first-order chi connectivity index (χ1) is 7.31. The normalized spacial score (nSPS) is 9.60. The molecule has 0 aromatic rings. The number of hydrogen-bond donors (Lipinski definition) is 0. The fourth-order valence-corrected chi connectivity index (χ4v) is 1.42. The number of esters is 1. The van der Waals surface area contributed by atoms with Gasteiger partial charge in [0.1, 0.15) is 0 Å². The summed E-state index contributed by atoms with van der Waals surface area (Å²) < 4.78 is 4.76. The van der Waals surface area contributed by atoms with E-state index in [0.29, 0.717) is 6.42 Å². The SMILES string of the molecule is C#CCOC(=O)CCCCCCCCC. The Morgan fingerprint density at radius 1 is 1.13 bits per heavy atom. The van der Waals surface area contributed by atoms with Gasteiger partial charge in [-0.25, -0.2) is 0 Å². The van der Waals surface area contributed by atoms with Crippen LogP contribution in [0.4, 0.5) is 0 Å². The molecule has 2 nitrogen and oxygen atoms in total. The lowest BCUT2D eigenvalue weighted by molar-refractivity contribution is -0.142. The zero-order valence-electron chi connectivity index (χ0n) is 9.76. The molecule has 0 aromatic carbocycles. The first-order valence-electron chi connectivity index (χ1n) is 5.90. The molecule has 86 valence electrons. The van der Waals surface area contributed by atoms with Crippen LogP contribution < -0.4 is 0 Å². The zero-order valence-corrected chi connectivity index (χ0v) is 9.76. The molecule has 0 rings (SSSR count). The number of ether oxygens (including phenoxy) is 1. The second kappa shape index (κ2) is 11.1. The minimum Gasteiger partial charge on any atom is -0.452 e. The molecule has 0 aliphatic heterocycles. The summed E-state index contributed by atoms with van der Waals surface area (Å²) in [5, 5.41) is 0. The van der Waals surface area contributed by atoms with Gasteiger partial charge in [-0.05, 0) is 6.42 Å². The monoisotopic (exact) mass is 210 g/mol. The Balaban J connectivity index is 3.10. The number of carbonyl (C=O) groups excluding carboxylic acids is 1. The molecule has 0 heterocycles. The Kier molecular flexibility index (Phi) is 10.4. The minimum absolute atomic E-state index is 0.106. The summed E-state index contributed by atoms with van der Waals surface area (Å²) in [6, 6.07) is 0. The van der Waals surface area contributed by atoms with Crippen molar-refractivity contribution in [2.45, 2.75) is 58.3 Å². The molecular formula is C13H22O2. The summed E-state index contributed by atoms with van der Waals surface area (Å²) >= 11 is 0. The molecule has 0 unspecified atom stereocenters. The van der Waals surface area contributed by atoms with Gasteiger partial charge in [0, 0.05) is 6.42 Å². The van der Waals surface area contributed by atoms with Gasteiger partial charge in [-0.2, -0.15) is 0 Å². The van der Waals surface area contributed by atoms with E-state index >= 15 is 0 Å². The van der Waals surface area contributed by atoms with Crippen molar-refractivity contribution in [2.24, 2.45) is 0 Å². The van der Waals surface area contributed by atoms with E-state index in [1.54, 1.807) is 0 Å². The minimum atomic E-state index is -0.165. The maximum Gasteiger partial charge on any atom is 0.306 e. The van der Waals surface area contributed by atoms with Crippen LogP contribution in [0.1, 0.15) is 58.3 Å². The summed E-state index contributed by atoms with van der Waals surface area (Å²) in [5.41, 5.74) is 0. The fourth-order valence-electron chi connectivity index (χ4n) is 1.42. The lowest BCUT2D eigenvalue weighted by Crippen LogP contribution is -2.03. The molecule has 0 saturated heterocycles. The highest BCUT2D eigenvalue weighted by atomic mass is 16.5. The van der Waals surface area contributed by atoms with Gasteiger partial charge in [0.15, 0.2) is 6.61 Å². The molecule has 0 radical (unpaired) electrons. The van der Waals surface area contributed by atoms with E-state index in [4.69, 9.17) is 11.2 Å². The van der Waals surface area contributed by atoms with Gasteiger partial charge in [-0.3, -0.25) is 4.79 Å². The molecule has 0 atom stereocenters. The lowest BCUT2D eigenvalue weighted by Gasteiger charge is -2.01. The van der Waals surface area contributed by atoms with Gasteiger partial charge in [-0.1, -0.05) is 51.4 Å². The van der Waals surface area contributed by atoms with E-state index < -0.39 is 0 Å². The van der Waals surface area contributed by atoms with Crippen molar-refractivity contribution in [1.29, 1.82) is 0 Å². The molecule has 0 aliphatic carbocycles. The summed E-state index contributed by atoms with van der Waals surface area (Å²) in [5.74, 6) is 2.12. The molecule has 0 amide bonds. The third-order valence-corrected chi connectivity index (χ3v) is 2.30. The van der Waals surface area contributed by atoms with E-state index in [-0.39, 0.29) is 12.6 Å². The second-order valence-corrected chi connectivity index (χ2v) is 3.74. The molecule has 0 fully saturated rings. The van der Waals surface area contributed by atoms with Gasteiger partial charge in [0.2, 0.25) is 0 Å². The maximum atomic E-state index is 11.0. The summed E-state index contributed by atoms with van der Waals surface area (Å²) in [6.07, 6.45) is 14.0. The maximum absolute atomic E-state index is 11.0. The number of terminal acetylenes is 1. The fraction of sp³-hybridized carbons (Fsp3) is 0.769. The molecule has 0 spiro atoms. The first-order valence-corrected chi connectivity index (χ1v) is 5.90. The molecule has 0 aromatic heterocycles. The van der Waals surface area contributed by atoms with E-state index in [1.807, 2.05) is 0 Å². The molecule has 2 heteroatoms. The highest BCUT2D eigenvalue weighted by molar-refractivity contribution is 5.69. The third kappa shape index (κ3) is 11.0. The van der Waals surface area contributed by atoms with Crippen molar-refractivity contribution in [3.05, 3.63) is 0 Å². The largest absolute Gasteiger partial charge is 0.452 e. The Morgan fingerprint density at radius 3 is 2.33 bits per heavy atom. The Morgan fingerprint density at radius 2 is 1.73 bits per heavy atom. The highest BCUT2D eigenvalue weighted by Crippen LogP contribution is 2.08. The van der Waals surface area contributed by atoms with E-state index in [9.17, 15) is 4.79 Å². The molecule has 0 saturated carbocycles. The predicted octanol–water partition coefficient (Wildman–Crippen LogP) is 3.30. The van der Waals surface area contributed by atoms with Crippen molar-refractivity contribution in [3.8, 4) is 12.3 Å². The summed E-state index contributed by atoms with van der Waals surface area (Å²) in [4.78, 5) is 11.0. The Hall–Kier alpha value is -0.970. The van der Waals surface area contributed by atoms with Gasteiger partial charge in [0.05, 0.1) is 0 Å². The van der Waals surface area contributed by atoms with Crippen LogP contribution in [0.15, 0.2) is 0 Å². The van der Waals surface area contributed by atoms with E-state index in [1.165, 1.54) is 32.1 Å². The van der Waals surface area contributed by atoms with E-state index in [0.717, 1.165) is 12.8 Å².